The molecule has 4 nitrogen and oxygen atoms in total. The van der Waals surface area contributed by atoms with E-state index >= 15 is 0 Å². The summed E-state index contributed by atoms with van der Waals surface area (Å²) in [6, 6.07) is -0.726. The Bertz CT molecular complexity index is 148. The second-order valence-corrected chi connectivity index (χ2v) is 2.58. The summed E-state index contributed by atoms with van der Waals surface area (Å²) in [6.45, 7) is 5.08. The Morgan fingerprint density at radius 2 is 2.42 bits per heavy atom. The lowest BCUT2D eigenvalue weighted by Crippen LogP contribution is -2.31. The highest BCUT2D eigenvalue weighted by Crippen LogP contribution is 1.92. The summed E-state index contributed by atoms with van der Waals surface area (Å²) in [5.74, 6) is -0.932. The average molecular weight is 172 g/mol. The molecule has 0 spiro atoms. The van der Waals surface area contributed by atoms with Gasteiger partial charge >= 0.3 is 5.97 Å². The van der Waals surface area contributed by atoms with Crippen LogP contribution in [-0.4, -0.2) is 30.2 Å². The molecule has 4 heteroatoms. The summed E-state index contributed by atoms with van der Waals surface area (Å²) < 4.78 is 0. The molecule has 0 aliphatic rings. The molecule has 0 aromatic heterocycles. The fourth-order valence-corrected chi connectivity index (χ4v) is 0.775. The van der Waals surface area contributed by atoms with Crippen molar-refractivity contribution in [2.24, 2.45) is 5.73 Å². The van der Waals surface area contributed by atoms with E-state index in [2.05, 4.69) is 11.9 Å². The van der Waals surface area contributed by atoms with Crippen molar-refractivity contribution in [3.63, 3.8) is 0 Å². The highest BCUT2D eigenvalue weighted by molar-refractivity contribution is 5.72. The molecule has 0 rings (SSSR count). The SMILES string of the molecule is C=CCNCCC[C@H](N)C(=O)O. The molecule has 0 fully saturated rings. The zero-order valence-electron chi connectivity index (χ0n) is 7.12. The number of hydrogen-bond acceptors (Lipinski definition) is 3. The van der Waals surface area contributed by atoms with E-state index in [1.54, 1.807) is 6.08 Å². The maximum Gasteiger partial charge on any atom is 0.320 e. The van der Waals surface area contributed by atoms with Crippen LogP contribution in [0.5, 0.6) is 0 Å². The third-order valence-electron chi connectivity index (χ3n) is 1.47. The molecule has 0 aromatic rings. The number of nitrogens with one attached hydrogen (secondary N) is 1. The smallest absolute Gasteiger partial charge is 0.320 e. The fourth-order valence-electron chi connectivity index (χ4n) is 0.775. The predicted octanol–water partition coefficient (Wildman–Crippen LogP) is -0.0459. The number of carbonyl (C=O) groups is 1. The topological polar surface area (TPSA) is 75.3 Å². The average Bonchev–Trinajstić information content (AvgIpc) is 2.03. The largest absolute Gasteiger partial charge is 0.480 e. The van der Waals surface area contributed by atoms with Crippen LogP contribution in [0.1, 0.15) is 12.8 Å². The fraction of sp³-hybridized carbons (Fsp3) is 0.625. The zero-order valence-corrected chi connectivity index (χ0v) is 7.12. The van der Waals surface area contributed by atoms with Gasteiger partial charge in [0.05, 0.1) is 0 Å². The van der Waals surface area contributed by atoms with Crippen LogP contribution in [0.2, 0.25) is 0 Å². The first-order valence-corrected chi connectivity index (χ1v) is 3.98. The van der Waals surface area contributed by atoms with E-state index in [-0.39, 0.29) is 0 Å². The van der Waals surface area contributed by atoms with Gasteiger partial charge < -0.3 is 16.2 Å². The van der Waals surface area contributed by atoms with Crippen LogP contribution < -0.4 is 11.1 Å². The van der Waals surface area contributed by atoms with Crippen molar-refractivity contribution in [1.29, 1.82) is 0 Å². The van der Waals surface area contributed by atoms with E-state index in [9.17, 15) is 4.79 Å². The number of carboxylic acids is 1. The first-order valence-electron chi connectivity index (χ1n) is 3.98. The van der Waals surface area contributed by atoms with Gasteiger partial charge in [0.15, 0.2) is 0 Å². The van der Waals surface area contributed by atoms with Gasteiger partial charge in [-0.1, -0.05) is 6.08 Å². The van der Waals surface area contributed by atoms with E-state index in [1.165, 1.54) is 0 Å². The van der Waals surface area contributed by atoms with Crippen LogP contribution in [-0.2, 0) is 4.79 Å². The van der Waals surface area contributed by atoms with Crippen molar-refractivity contribution in [2.45, 2.75) is 18.9 Å². The van der Waals surface area contributed by atoms with Crippen LogP contribution in [0.4, 0.5) is 0 Å². The molecule has 0 aromatic carbocycles. The molecular weight excluding hydrogens is 156 g/mol. The van der Waals surface area contributed by atoms with Gasteiger partial charge in [-0.05, 0) is 19.4 Å². The van der Waals surface area contributed by atoms with E-state index in [1.807, 2.05) is 0 Å². The number of rotatable bonds is 7. The molecule has 0 bridgehead atoms. The van der Waals surface area contributed by atoms with Gasteiger partial charge in [0.2, 0.25) is 0 Å². The van der Waals surface area contributed by atoms with Crippen LogP contribution in [0, 0.1) is 0 Å². The van der Waals surface area contributed by atoms with Gasteiger partial charge in [-0.2, -0.15) is 0 Å². The normalized spacial score (nSPS) is 12.4. The van der Waals surface area contributed by atoms with Crippen molar-refractivity contribution < 1.29 is 9.90 Å². The summed E-state index contributed by atoms with van der Waals surface area (Å²) in [5, 5.41) is 11.5. The number of aliphatic carboxylic acids is 1. The number of hydrogen-bond donors (Lipinski definition) is 3. The molecule has 12 heavy (non-hydrogen) atoms. The van der Waals surface area contributed by atoms with Crippen molar-refractivity contribution in [3.05, 3.63) is 12.7 Å². The second-order valence-electron chi connectivity index (χ2n) is 2.58. The Morgan fingerprint density at radius 1 is 1.75 bits per heavy atom. The summed E-state index contributed by atoms with van der Waals surface area (Å²) in [6.07, 6.45) is 3.05. The molecule has 1 atom stereocenters. The van der Waals surface area contributed by atoms with Gasteiger partial charge in [0.25, 0.3) is 0 Å². The van der Waals surface area contributed by atoms with E-state index in [0.29, 0.717) is 6.42 Å². The zero-order chi connectivity index (χ0) is 9.40. The van der Waals surface area contributed by atoms with Crippen LogP contribution in [0.15, 0.2) is 12.7 Å². The Morgan fingerprint density at radius 3 is 2.92 bits per heavy atom. The minimum atomic E-state index is -0.932. The molecule has 0 unspecified atom stereocenters. The molecule has 4 N–H and O–H groups in total. The maximum absolute atomic E-state index is 10.3. The maximum atomic E-state index is 10.3. The quantitative estimate of drug-likeness (QED) is 0.372. The van der Waals surface area contributed by atoms with Gasteiger partial charge in [-0.3, -0.25) is 4.79 Å². The Balaban J connectivity index is 3.19. The molecule has 70 valence electrons. The minimum Gasteiger partial charge on any atom is -0.480 e. The lowest BCUT2D eigenvalue weighted by atomic mass is 10.2. The third kappa shape index (κ3) is 5.88. The summed E-state index contributed by atoms with van der Waals surface area (Å²) in [5.41, 5.74) is 5.28. The molecule has 0 amide bonds. The molecule has 0 radical (unpaired) electrons. The summed E-state index contributed by atoms with van der Waals surface area (Å²) in [7, 11) is 0. The Kier molecular flexibility index (Phi) is 6.32. The molecule has 0 saturated heterocycles. The van der Waals surface area contributed by atoms with Crippen molar-refractivity contribution >= 4 is 5.97 Å². The first-order chi connectivity index (χ1) is 5.68. The number of nitrogens with two attached hydrogens (primary N) is 1. The monoisotopic (exact) mass is 172 g/mol. The Labute approximate surface area is 72.4 Å². The van der Waals surface area contributed by atoms with Gasteiger partial charge in [0, 0.05) is 6.54 Å². The second kappa shape index (κ2) is 6.82. The van der Waals surface area contributed by atoms with Crippen molar-refractivity contribution in [3.8, 4) is 0 Å². The van der Waals surface area contributed by atoms with Gasteiger partial charge in [-0.25, -0.2) is 0 Å². The standard InChI is InChI=1S/C8H16N2O2/c1-2-5-10-6-3-4-7(9)8(11)12/h2,7,10H,1,3-6,9H2,(H,11,12)/t7-/m0/s1. The molecular formula is C8H16N2O2. The van der Waals surface area contributed by atoms with Crippen molar-refractivity contribution in [1.82, 2.24) is 5.32 Å². The lowest BCUT2D eigenvalue weighted by molar-refractivity contribution is -0.138. The van der Waals surface area contributed by atoms with Crippen LogP contribution in [0.25, 0.3) is 0 Å². The van der Waals surface area contributed by atoms with Crippen LogP contribution >= 0.6 is 0 Å². The molecule has 0 heterocycles. The van der Waals surface area contributed by atoms with Crippen LogP contribution in [0.3, 0.4) is 0 Å². The minimum absolute atomic E-state index is 0.513. The highest BCUT2D eigenvalue weighted by atomic mass is 16.4. The van der Waals surface area contributed by atoms with Gasteiger partial charge in [0.1, 0.15) is 6.04 Å². The predicted molar refractivity (Wildman–Crippen MR) is 47.9 cm³/mol. The summed E-state index contributed by atoms with van der Waals surface area (Å²) in [4.78, 5) is 10.3. The van der Waals surface area contributed by atoms with Gasteiger partial charge in [-0.15, -0.1) is 6.58 Å². The highest BCUT2D eigenvalue weighted by Gasteiger charge is 2.09. The number of carboxylic acid groups (broad SMARTS) is 1. The van der Waals surface area contributed by atoms with E-state index in [0.717, 1.165) is 19.5 Å². The third-order valence-corrected chi connectivity index (χ3v) is 1.47. The van der Waals surface area contributed by atoms with E-state index in [4.69, 9.17) is 10.8 Å². The first kappa shape index (κ1) is 11.1. The molecule has 0 saturated carbocycles. The molecule has 0 aliphatic carbocycles. The van der Waals surface area contributed by atoms with Crippen molar-refractivity contribution in [2.75, 3.05) is 13.1 Å². The van der Waals surface area contributed by atoms with E-state index < -0.39 is 12.0 Å². The summed E-state index contributed by atoms with van der Waals surface area (Å²) >= 11 is 0. The lowest BCUT2D eigenvalue weighted by Gasteiger charge is -2.05. The Hall–Kier alpha value is -0.870. The molecule has 0 aliphatic heterocycles.